The van der Waals surface area contributed by atoms with E-state index in [0.717, 1.165) is 0 Å². The molecule has 11 nitrogen and oxygen atoms in total. The van der Waals surface area contributed by atoms with E-state index in [-0.39, 0.29) is 49.7 Å². The van der Waals surface area contributed by atoms with Gasteiger partial charge in [0.1, 0.15) is 25.2 Å². The van der Waals surface area contributed by atoms with Crippen molar-refractivity contribution < 1.29 is 24.5 Å². The maximum Gasteiger partial charge on any atom is 0.323 e. The van der Waals surface area contributed by atoms with Gasteiger partial charge in [-0.15, -0.1) is 12.4 Å². The molecule has 2 unspecified atom stereocenters. The lowest BCUT2D eigenvalue weighted by molar-refractivity contribution is -0.148. The number of carbonyl (C=O) groups excluding carboxylic acids is 2. The first kappa shape index (κ1) is 22.9. The molecule has 0 aliphatic carbocycles. The Hall–Kier alpha value is -2.08. The first-order valence-corrected chi connectivity index (χ1v) is 7.18. The zero-order valence-corrected chi connectivity index (χ0v) is 14.7. The Balaban J connectivity index is 0.00000288. The summed E-state index contributed by atoms with van der Waals surface area (Å²) in [5, 5.41) is 9.70. The van der Waals surface area contributed by atoms with E-state index in [0.29, 0.717) is 5.84 Å². The lowest BCUT2D eigenvalue weighted by Crippen LogP contribution is -2.49. The number of fused-ring (bicyclic) bond motifs is 1. The third kappa shape index (κ3) is 5.74. The molecule has 0 bridgehead atoms. The van der Waals surface area contributed by atoms with Crippen LogP contribution >= 0.6 is 12.4 Å². The van der Waals surface area contributed by atoms with Crippen molar-refractivity contribution in [1.82, 2.24) is 10.2 Å². The Morgan fingerprint density at radius 1 is 1.48 bits per heavy atom. The highest BCUT2D eigenvalue weighted by atomic mass is 35.5. The minimum absolute atomic E-state index is 0. The van der Waals surface area contributed by atoms with Gasteiger partial charge in [0.2, 0.25) is 5.96 Å². The number of amides is 1. The molecule has 2 aliphatic heterocycles. The van der Waals surface area contributed by atoms with E-state index in [9.17, 15) is 9.59 Å². The van der Waals surface area contributed by atoms with E-state index in [2.05, 4.69) is 15.3 Å². The first-order valence-electron chi connectivity index (χ1n) is 7.18. The van der Waals surface area contributed by atoms with Crippen molar-refractivity contribution in [2.45, 2.75) is 25.9 Å². The van der Waals surface area contributed by atoms with Gasteiger partial charge in [-0.1, -0.05) is 13.8 Å². The minimum Gasteiger partial charge on any atom is -0.462 e. The molecular weight excluding hydrogens is 356 g/mol. The highest BCUT2D eigenvalue weighted by molar-refractivity contribution is 6.23. The second-order valence-corrected chi connectivity index (χ2v) is 5.42. The van der Waals surface area contributed by atoms with Gasteiger partial charge in [-0.05, 0) is 5.92 Å². The second kappa shape index (κ2) is 10.0. The van der Waals surface area contributed by atoms with E-state index in [1.165, 1.54) is 11.2 Å². The normalized spacial score (nSPS) is 19.4. The summed E-state index contributed by atoms with van der Waals surface area (Å²) >= 11 is 0. The van der Waals surface area contributed by atoms with Crippen molar-refractivity contribution >= 4 is 42.4 Å². The zero-order chi connectivity index (χ0) is 17.0. The molecule has 142 valence electrons. The molecule has 25 heavy (non-hydrogen) atoms. The summed E-state index contributed by atoms with van der Waals surface area (Å²) in [6.07, 6.45) is 1.43. The Bertz CT molecular complexity index is 567. The van der Waals surface area contributed by atoms with Gasteiger partial charge in [-0.2, -0.15) is 4.99 Å². The molecule has 2 rings (SSSR count). The van der Waals surface area contributed by atoms with Gasteiger partial charge in [0, 0.05) is 0 Å². The van der Waals surface area contributed by atoms with Crippen LogP contribution in [-0.4, -0.2) is 72.4 Å². The Morgan fingerprint density at radius 3 is 2.80 bits per heavy atom. The maximum absolute atomic E-state index is 11.6. The fourth-order valence-corrected chi connectivity index (χ4v) is 1.90. The highest BCUT2D eigenvalue weighted by Crippen LogP contribution is 2.11. The van der Waals surface area contributed by atoms with Crippen molar-refractivity contribution in [3.05, 3.63) is 0 Å². The first-order chi connectivity index (χ1) is 10.9. The summed E-state index contributed by atoms with van der Waals surface area (Å²) in [5.41, 5.74) is 5.66. The van der Waals surface area contributed by atoms with Crippen LogP contribution in [0, 0.1) is 11.3 Å². The third-order valence-corrected chi connectivity index (χ3v) is 3.30. The van der Waals surface area contributed by atoms with Crippen LogP contribution in [0.15, 0.2) is 9.98 Å². The standard InChI is InChI=1S/C13H20N6O4.ClH.H2O/c1-7(2)8(14)12(21)23-4-3-22-6-19-5-16-9-10(19)17-13(15)18-11(9)20;;/h5,7-9H,3-4,6,14H2,1-2H3,(H2,15,18,20);1H;1H2. The van der Waals surface area contributed by atoms with Gasteiger partial charge in [0.05, 0.1) is 12.9 Å². The number of halogens is 1. The number of nitrogens with one attached hydrogen (secondary N) is 2. The van der Waals surface area contributed by atoms with Crippen LogP contribution in [-0.2, 0) is 19.1 Å². The fourth-order valence-electron chi connectivity index (χ4n) is 1.90. The quantitative estimate of drug-likeness (QED) is 0.350. The maximum atomic E-state index is 11.6. The van der Waals surface area contributed by atoms with Crippen LogP contribution < -0.4 is 11.1 Å². The van der Waals surface area contributed by atoms with Gasteiger partial charge in [0.25, 0.3) is 5.91 Å². The van der Waals surface area contributed by atoms with E-state index in [4.69, 9.17) is 20.6 Å². The summed E-state index contributed by atoms with van der Waals surface area (Å²) < 4.78 is 10.4. The molecule has 12 heteroatoms. The molecule has 0 spiro atoms. The topological polar surface area (TPSA) is 174 Å². The molecule has 6 N–H and O–H groups in total. The number of hydrogen-bond acceptors (Lipinski definition) is 8. The molecule has 0 aromatic carbocycles. The third-order valence-electron chi connectivity index (χ3n) is 3.30. The number of amidine groups is 1. The Morgan fingerprint density at radius 2 is 2.16 bits per heavy atom. The minimum atomic E-state index is -0.741. The van der Waals surface area contributed by atoms with Crippen molar-refractivity contribution in [3.8, 4) is 0 Å². The van der Waals surface area contributed by atoms with Crippen LogP contribution in [0.3, 0.4) is 0 Å². The number of hydrogen-bond donors (Lipinski definition) is 3. The summed E-state index contributed by atoms with van der Waals surface area (Å²) in [5.74, 6) is -0.735. The van der Waals surface area contributed by atoms with Crippen LogP contribution in [0.1, 0.15) is 13.8 Å². The molecule has 0 aromatic rings. The van der Waals surface area contributed by atoms with Gasteiger partial charge < -0.3 is 20.7 Å². The molecule has 0 saturated heterocycles. The van der Waals surface area contributed by atoms with Crippen LogP contribution in [0.5, 0.6) is 0 Å². The number of ether oxygens (including phenoxy) is 2. The number of guanidine groups is 1. The van der Waals surface area contributed by atoms with Gasteiger partial charge in [-0.25, -0.2) is 0 Å². The summed E-state index contributed by atoms with van der Waals surface area (Å²) in [6.45, 7) is 4.01. The van der Waals surface area contributed by atoms with Crippen molar-refractivity contribution in [3.63, 3.8) is 0 Å². The monoisotopic (exact) mass is 378 g/mol. The fraction of sp³-hybridized carbons (Fsp3) is 0.615. The van der Waals surface area contributed by atoms with Crippen molar-refractivity contribution in [1.29, 1.82) is 5.41 Å². The lowest BCUT2D eigenvalue weighted by atomic mass is 10.1. The molecule has 0 radical (unpaired) electrons. The number of rotatable bonds is 7. The van der Waals surface area contributed by atoms with E-state index in [1.54, 1.807) is 0 Å². The summed E-state index contributed by atoms with van der Waals surface area (Å²) in [4.78, 5) is 32.6. The predicted octanol–water partition coefficient (Wildman–Crippen LogP) is -1.74. The number of aliphatic imine (C=N–C) groups is 2. The Kier molecular flexibility index (Phi) is 9.20. The summed E-state index contributed by atoms with van der Waals surface area (Å²) in [6, 6.07) is -1.39. The lowest BCUT2D eigenvalue weighted by Gasteiger charge is -2.21. The smallest absolute Gasteiger partial charge is 0.323 e. The van der Waals surface area contributed by atoms with Crippen molar-refractivity contribution in [2.24, 2.45) is 21.6 Å². The number of nitrogens with zero attached hydrogens (tertiary/aromatic N) is 3. The Labute approximate surface area is 150 Å². The molecule has 1 amide bonds. The molecule has 2 atom stereocenters. The number of esters is 1. The molecular formula is C13H23ClN6O5. The SMILES string of the molecule is CC(C)C(N)C(=O)OCCOCN1C=NC2C(=O)NC(=N)N=C21.Cl.O. The number of nitrogens with two attached hydrogens (primary N) is 1. The molecule has 2 aliphatic rings. The van der Waals surface area contributed by atoms with Crippen LogP contribution in [0.2, 0.25) is 0 Å². The summed E-state index contributed by atoms with van der Waals surface area (Å²) in [7, 11) is 0. The number of carbonyl (C=O) groups is 2. The van der Waals surface area contributed by atoms with E-state index < -0.39 is 24.0 Å². The molecule has 0 saturated carbocycles. The largest absolute Gasteiger partial charge is 0.462 e. The van der Waals surface area contributed by atoms with E-state index >= 15 is 0 Å². The van der Waals surface area contributed by atoms with Gasteiger partial charge in [-0.3, -0.25) is 30.2 Å². The van der Waals surface area contributed by atoms with Crippen LogP contribution in [0.4, 0.5) is 0 Å². The molecule has 2 heterocycles. The van der Waals surface area contributed by atoms with Gasteiger partial charge in [0.15, 0.2) is 6.04 Å². The van der Waals surface area contributed by atoms with Crippen molar-refractivity contribution in [2.75, 3.05) is 19.9 Å². The molecule has 0 aromatic heterocycles. The average molecular weight is 379 g/mol. The van der Waals surface area contributed by atoms with E-state index in [1.807, 2.05) is 13.8 Å². The van der Waals surface area contributed by atoms with Gasteiger partial charge >= 0.3 is 5.97 Å². The molecule has 0 fully saturated rings. The second-order valence-electron chi connectivity index (χ2n) is 5.42. The zero-order valence-electron chi connectivity index (χ0n) is 13.9. The average Bonchev–Trinajstić information content (AvgIpc) is 2.89. The van der Waals surface area contributed by atoms with Crippen LogP contribution in [0.25, 0.3) is 0 Å². The highest BCUT2D eigenvalue weighted by Gasteiger charge is 2.36. The predicted molar refractivity (Wildman–Crippen MR) is 92.9 cm³/mol.